The van der Waals surface area contributed by atoms with Crippen molar-refractivity contribution in [3.05, 3.63) is 18.0 Å². The van der Waals surface area contributed by atoms with Crippen LogP contribution in [0.2, 0.25) is 0 Å². The van der Waals surface area contributed by atoms with E-state index in [1.807, 2.05) is 25.1 Å². The molecule has 0 amide bonds. The van der Waals surface area contributed by atoms with Crippen LogP contribution < -0.4 is 4.90 Å². The van der Waals surface area contributed by atoms with Gasteiger partial charge in [-0.2, -0.15) is 0 Å². The van der Waals surface area contributed by atoms with Crippen LogP contribution in [0.3, 0.4) is 0 Å². The number of rotatable bonds is 2. The zero-order valence-electron chi connectivity index (χ0n) is 8.07. The van der Waals surface area contributed by atoms with E-state index in [0.717, 1.165) is 11.6 Å². The van der Waals surface area contributed by atoms with Gasteiger partial charge in [-0.05, 0) is 12.0 Å². The van der Waals surface area contributed by atoms with Gasteiger partial charge in [-0.15, -0.1) is 0 Å². The lowest BCUT2D eigenvalue weighted by Gasteiger charge is -2.11. The van der Waals surface area contributed by atoms with E-state index in [-0.39, 0.29) is 0 Å². The van der Waals surface area contributed by atoms with Crippen LogP contribution in [0.5, 0.6) is 0 Å². The Morgan fingerprint density at radius 2 is 2.00 bits per heavy atom. The Bertz CT molecular complexity index is 232. The molecule has 1 rings (SSSR count). The second-order valence-corrected chi connectivity index (χ2v) is 3.33. The fourth-order valence-corrected chi connectivity index (χ4v) is 0.899. The van der Waals surface area contributed by atoms with E-state index in [1.165, 1.54) is 0 Å². The highest BCUT2D eigenvalue weighted by atomic mass is 15.2. The standard InChI is InChI=1S/C9H15N3/c1-7(2)8-5-6-10-9(11-8)12(3)4/h5-7H,1-4H3. The van der Waals surface area contributed by atoms with Crippen LogP contribution in [0.4, 0.5) is 5.95 Å². The van der Waals surface area contributed by atoms with Crippen molar-refractivity contribution in [3.8, 4) is 0 Å². The monoisotopic (exact) mass is 165 g/mol. The average molecular weight is 165 g/mol. The first-order valence-corrected chi connectivity index (χ1v) is 4.11. The van der Waals surface area contributed by atoms with E-state index >= 15 is 0 Å². The minimum atomic E-state index is 0.465. The smallest absolute Gasteiger partial charge is 0.224 e. The lowest BCUT2D eigenvalue weighted by Crippen LogP contribution is -2.13. The molecule has 12 heavy (non-hydrogen) atoms. The van der Waals surface area contributed by atoms with Crippen LogP contribution in [0, 0.1) is 0 Å². The van der Waals surface area contributed by atoms with Gasteiger partial charge in [0.05, 0.1) is 0 Å². The predicted molar refractivity (Wildman–Crippen MR) is 50.4 cm³/mol. The third-order valence-electron chi connectivity index (χ3n) is 1.66. The minimum absolute atomic E-state index is 0.465. The van der Waals surface area contributed by atoms with Crippen molar-refractivity contribution < 1.29 is 0 Å². The molecular formula is C9H15N3. The summed E-state index contributed by atoms with van der Waals surface area (Å²) in [7, 11) is 3.89. The number of hydrogen-bond donors (Lipinski definition) is 0. The molecule has 0 saturated carbocycles. The Labute approximate surface area is 73.5 Å². The van der Waals surface area contributed by atoms with Gasteiger partial charge in [0.15, 0.2) is 0 Å². The molecule has 3 heteroatoms. The van der Waals surface area contributed by atoms with Crippen molar-refractivity contribution >= 4 is 5.95 Å². The Balaban J connectivity index is 2.96. The molecule has 66 valence electrons. The van der Waals surface area contributed by atoms with Crippen molar-refractivity contribution in [2.75, 3.05) is 19.0 Å². The quantitative estimate of drug-likeness (QED) is 0.667. The highest BCUT2D eigenvalue weighted by Crippen LogP contribution is 2.12. The SMILES string of the molecule is CC(C)c1ccnc(N(C)C)n1. The molecule has 0 aromatic carbocycles. The van der Waals surface area contributed by atoms with E-state index in [9.17, 15) is 0 Å². The van der Waals surface area contributed by atoms with Gasteiger partial charge in [0.2, 0.25) is 5.95 Å². The average Bonchev–Trinajstić information content (AvgIpc) is 2.04. The highest BCUT2D eigenvalue weighted by molar-refractivity contribution is 5.27. The lowest BCUT2D eigenvalue weighted by molar-refractivity contribution is 0.806. The summed E-state index contributed by atoms with van der Waals surface area (Å²) in [6.45, 7) is 4.25. The number of hydrogen-bond acceptors (Lipinski definition) is 3. The molecule has 0 aliphatic rings. The summed E-state index contributed by atoms with van der Waals surface area (Å²) in [5.74, 6) is 1.24. The maximum absolute atomic E-state index is 4.39. The second-order valence-electron chi connectivity index (χ2n) is 3.33. The number of anilines is 1. The van der Waals surface area contributed by atoms with Crippen LogP contribution in [0.25, 0.3) is 0 Å². The Morgan fingerprint density at radius 1 is 1.33 bits per heavy atom. The summed E-state index contributed by atoms with van der Waals surface area (Å²) < 4.78 is 0. The third kappa shape index (κ3) is 1.94. The first-order chi connectivity index (χ1) is 5.61. The van der Waals surface area contributed by atoms with Crippen LogP contribution in [-0.2, 0) is 0 Å². The lowest BCUT2D eigenvalue weighted by atomic mass is 10.1. The third-order valence-corrected chi connectivity index (χ3v) is 1.66. The van der Waals surface area contributed by atoms with Crippen molar-refractivity contribution in [2.45, 2.75) is 19.8 Å². The molecular weight excluding hydrogens is 150 g/mol. The summed E-state index contributed by atoms with van der Waals surface area (Å²) in [6, 6.07) is 1.96. The van der Waals surface area contributed by atoms with Gasteiger partial charge in [0.1, 0.15) is 0 Å². The number of aromatic nitrogens is 2. The molecule has 0 bridgehead atoms. The van der Waals surface area contributed by atoms with E-state index in [4.69, 9.17) is 0 Å². The summed E-state index contributed by atoms with van der Waals surface area (Å²) in [4.78, 5) is 10.4. The summed E-state index contributed by atoms with van der Waals surface area (Å²) in [5.41, 5.74) is 1.09. The maximum Gasteiger partial charge on any atom is 0.224 e. The first-order valence-electron chi connectivity index (χ1n) is 4.11. The van der Waals surface area contributed by atoms with Gasteiger partial charge in [0, 0.05) is 26.0 Å². The van der Waals surface area contributed by atoms with E-state index in [1.54, 1.807) is 6.20 Å². The van der Waals surface area contributed by atoms with E-state index in [2.05, 4.69) is 23.8 Å². The summed E-state index contributed by atoms with van der Waals surface area (Å²) in [6.07, 6.45) is 1.80. The topological polar surface area (TPSA) is 29.0 Å². The van der Waals surface area contributed by atoms with Crippen molar-refractivity contribution in [3.63, 3.8) is 0 Å². The van der Waals surface area contributed by atoms with Gasteiger partial charge < -0.3 is 4.90 Å². The molecule has 0 aliphatic heterocycles. The Hall–Kier alpha value is -1.12. The van der Waals surface area contributed by atoms with Crippen molar-refractivity contribution in [1.82, 2.24) is 9.97 Å². The molecule has 0 unspecified atom stereocenters. The molecule has 1 heterocycles. The Morgan fingerprint density at radius 3 is 2.50 bits per heavy atom. The summed E-state index contributed by atoms with van der Waals surface area (Å²) in [5, 5.41) is 0. The fourth-order valence-electron chi connectivity index (χ4n) is 0.899. The van der Waals surface area contributed by atoms with Crippen molar-refractivity contribution in [2.24, 2.45) is 0 Å². The van der Waals surface area contributed by atoms with Crippen LogP contribution >= 0.6 is 0 Å². The van der Waals surface area contributed by atoms with Gasteiger partial charge in [-0.25, -0.2) is 9.97 Å². The highest BCUT2D eigenvalue weighted by Gasteiger charge is 2.03. The molecule has 1 aromatic rings. The largest absolute Gasteiger partial charge is 0.347 e. The zero-order valence-corrected chi connectivity index (χ0v) is 8.07. The van der Waals surface area contributed by atoms with Gasteiger partial charge in [0.25, 0.3) is 0 Å². The van der Waals surface area contributed by atoms with Crippen molar-refractivity contribution in [1.29, 1.82) is 0 Å². The summed E-state index contributed by atoms with van der Waals surface area (Å²) >= 11 is 0. The molecule has 0 spiro atoms. The first kappa shape index (κ1) is 8.97. The normalized spacial score (nSPS) is 10.4. The van der Waals surface area contributed by atoms with Crippen LogP contribution in [0.1, 0.15) is 25.5 Å². The fraction of sp³-hybridized carbons (Fsp3) is 0.556. The molecule has 0 aliphatic carbocycles. The number of nitrogens with zero attached hydrogens (tertiary/aromatic N) is 3. The predicted octanol–water partition coefficient (Wildman–Crippen LogP) is 1.67. The van der Waals surface area contributed by atoms with E-state index in [0.29, 0.717) is 5.92 Å². The Kier molecular flexibility index (Phi) is 2.63. The second kappa shape index (κ2) is 3.52. The van der Waals surface area contributed by atoms with Gasteiger partial charge in [-0.3, -0.25) is 0 Å². The van der Waals surface area contributed by atoms with Gasteiger partial charge >= 0.3 is 0 Å². The minimum Gasteiger partial charge on any atom is -0.347 e. The van der Waals surface area contributed by atoms with Gasteiger partial charge in [-0.1, -0.05) is 13.8 Å². The zero-order chi connectivity index (χ0) is 9.14. The van der Waals surface area contributed by atoms with Crippen LogP contribution in [0.15, 0.2) is 12.3 Å². The maximum atomic E-state index is 4.39. The molecule has 0 radical (unpaired) electrons. The van der Waals surface area contributed by atoms with E-state index < -0.39 is 0 Å². The molecule has 0 N–H and O–H groups in total. The molecule has 1 aromatic heterocycles. The molecule has 3 nitrogen and oxygen atoms in total. The molecule has 0 saturated heterocycles. The molecule has 0 fully saturated rings. The van der Waals surface area contributed by atoms with Crippen LogP contribution in [-0.4, -0.2) is 24.1 Å². The molecule has 0 atom stereocenters.